The second-order valence-electron chi connectivity index (χ2n) is 5.31. The zero-order valence-corrected chi connectivity index (χ0v) is 10.9. The summed E-state index contributed by atoms with van der Waals surface area (Å²) in [6.07, 6.45) is 0. The molecule has 2 N–H and O–H groups in total. The van der Waals surface area contributed by atoms with E-state index in [4.69, 9.17) is 19.9 Å². The normalized spacial score (nSPS) is 21.5. The van der Waals surface area contributed by atoms with Crippen LogP contribution in [0.15, 0.2) is 12.1 Å². The van der Waals surface area contributed by atoms with Gasteiger partial charge in [-0.1, -0.05) is 6.92 Å². The molecule has 4 nitrogen and oxygen atoms in total. The minimum Gasteiger partial charge on any atom is -0.454 e. The van der Waals surface area contributed by atoms with E-state index in [1.54, 1.807) is 0 Å². The molecule has 1 aromatic rings. The monoisotopic (exact) mass is 249 g/mol. The van der Waals surface area contributed by atoms with Gasteiger partial charge in [0.25, 0.3) is 0 Å². The Balaban J connectivity index is 2.05. The van der Waals surface area contributed by atoms with Gasteiger partial charge in [0.15, 0.2) is 11.5 Å². The number of ether oxygens (including phenoxy) is 3. The van der Waals surface area contributed by atoms with Crippen LogP contribution < -0.4 is 15.2 Å². The molecular formula is C14H19NO3. The second-order valence-corrected chi connectivity index (χ2v) is 5.31. The molecule has 2 aliphatic rings. The van der Waals surface area contributed by atoms with E-state index in [0.717, 1.165) is 24.7 Å². The molecule has 0 spiro atoms. The van der Waals surface area contributed by atoms with Crippen LogP contribution in [0.25, 0.3) is 0 Å². The predicted molar refractivity (Wildman–Crippen MR) is 68.0 cm³/mol. The highest BCUT2D eigenvalue weighted by Gasteiger charge is 2.46. The number of benzene rings is 1. The molecular weight excluding hydrogens is 230 g/mol. The van der Waals surface area contributed by atoms with Crippen molar-refractivity contribution in [1.82, 2.24) is 0 Å². The van der Waals surface area contributed by atoms with Crippen molar-refractivity contribution < 1.29 is 14.2 Å². The van der Waals surface area contributed by atoms with Crippen molar-refractivity contribution in [2.45, 2.75) is 19.3 Å². The van der Waals surface area contributed by atoms with Crippen molar-refractivity contribution in [1.29, 1.82) is 0 Å². The Labute approximate surface area is 107 Å². The lowest BCUT2D eigenvalue weighted by Crippen LogP contribution is -2.53. The van der Waals surface area contributed by atoms with Gasteiger partial charge in [0.05, 0.1) is 13.2 Å². The van der Waals surface area contributed by atoms with Gasteiger partial charge >= 0.3 is 0 Å². The fraction of sp³-hybridized carbons (Fsp3) is 0.571. The van der Waals surface area contributed by atoms with Gasteiger partial charge in [-0.3, -0.25) is 0 Å². The van der Waals surface area contributed by atoms with Crippen molar-refractivity contribution in [3.05, 3.63) is 23.3 Å². The smallest absolute Gasteiger partial charge is 0.231 e. The third-order valence-corrected chi connectivity index (χ3v) is 4.27. The van der Waals surface area contributed by atoms with Crippen LogP contribution in [-0.2, 0) is 10.2 Å². The van der Waals surface area contributed by atoms with Gasteiger partial charge in [0.1, 0.15) is 0 Å². The van der Waals surface area contributed by atoms with Crippen LogP contribution in [0.2, 0.25) is 0 Å². The Bertz CT molecular complexity index is 468. The fourth-order valence-electron chi connectivity index (χ4n) is 2.83. The van der Waals surface area contributed by atoms with Crippen LogP contribution >= 0.6 is 0 Å². The standard InChI is InChI=1S/C14H19NO3/c1-9-3-12-13(18-8-17-12)4-11(9)14(6-16-7-14)10(2)5-15/h3-4,10H,5-8,15H2,1-2H3. The molecule has 0 amide bonds. The maximum Gasteiger partial charge on any atom is 0.231 e. The fourth-order valence-corrected chi connectivity index (χ4v) is 2.83. The van der Waals surface area contributed by atoms with E-state index in [9.17, 15) is 0 Å². The number of hydrogen-bond donors (Lipinski definition) is 1. The summed E-state index contributed by atoms with van der Waals surface area (Å²) in [4.78, 5) is 0. The zero-order valence-electron chi connectivity index (χ0n) is 10.9. The summed E-state index contributed by atoms with van der Waals surface area (Å²) in [5.74, 6) is 2.07. The Kier molecular flexibility index (Phi) is 2.72. The number of hydrogen-bond acceptors (Lipinski definition) is 4. The molecule has 4 heteroatoms. The molecule has 0 bridgehead atoms. The topological polar surface area (TPSA) is 53.7 Å². The van der Waals surface area contributed by atoms with Gasteiger partial charge in [-0.25, -0.2) is 0 Å². The number of nitrogens with two attached hydrogens (primary N) is 1. The molecule has 1 atom stereocenters. The van der Waals surface area contributed by atoms with Crippen LogP contribution in [0.1, 0.15) is 18.1 Å². The van der Waals surface area contributed by atoms with Gasteiger partial charge in [-0.15, -0.1) is 0 Å². The summed E-state index contributed by atoms with van der Waals surface area (Å²) in [5, 5.41) is 0. The molecule has 1 aromatic carbocycles. The first-order valence-electron chi connectivity index (χ1n) is 6.36. The molecule has 98 valence electrons. The van der Waals surface area contributed by atoms with E-state index >= 15 is 0 Å². The van der Waals surface area contributed by atoms with Crippen LogP contribution in [-0.4, -0.2) is 26.6 Å². The summed E-state index contributed by atoms with van der Waals surface area (Å²) < 4.78 is 16.3. The first-order valence-corrected chi connectivity index (χ1v) is 6.36. The third-order valence-electron chi connectivity index (χ3n) is 4.27. The largest absolute Gasteiger partial charge is 0.454 e. The highest BCUT2D eigenvalue weighted by atomic mass is 16.7. The summed E-state index contributed by atoms with van der Waals surface area (Å²) in [5.41, 5.74) is 8.41. The molecule has 0 saturated carbocycles. The second kappa shape index (κ2) is 4.14. The lowest BCUT2D eigenvalue weighted by Gasteiger charge is -2.47. The first kappa shape index (κ1) is 11.8. The Morgan fingerprint density at radius 1 is 1.28 bits per heavy atom. The Morgan fingerprint density at radius 2 is 1.94 bits per heavy atom. The number of rotatable bonds is 3. The average Bonchev–Trinajstić information content (AvgIpc) is 2.74. The molecule has 2 heterocycles. The highest BCUT2D eigenvalue weighted by molar-refractivity contribution is 5.51. The van der Waals surface area contributed by atoms with Gasteiger partial charge in [0, 0.05) is 5.41 Å². The number of fused-ring (bicyclic) bond motifs is 1. The van der Waals surface area contributed by atoms with Crippen LogP contribution in [0.5, 0.6) is 11.5 Å². The Hall–Kier alpha value is -1.26. The van der Waals surface area contributed by atoms with Gasteiger partial charge in [-0.05, 0) is 42.6 Å². The molecule has 1 fully saturated rings. The Morgan fingerprint density at radius 3 is 2.50 bits per heavy atom. The van der Waals surface area contributed by atoms with Gasteiger partial charge in [0.2, 0.25) is 6.79 Å². The van der Waals surface area contributed by atoms with Crippen LogP contribution in [0.3, 0.4) is 0 Å². The lowest BCUT2D eigenvalue weighted by molar-refractivity contribution is -0.0857. The van der Waals surface area contributed by atoms with Crippen molar-refractivity contribution in [3.8, 4) is 11.5 Å². The zero-order chi connectivity index (χ0) is 12.8. The highest BCUT2D eigenvalue weighted by Crippen LogP contribution is 2.45. The van der Waals surface area contributed by atoms with Crippen molar-refractivity contribution in [2.24, 2.45) is 11.7 Å². The quantitative estimate of drug-likeness (QED) is 0.883. The van der Waals surface area contributed by atoms with Crippen molar-refractivity contribution in [3.63, 3.8) is 0 Å². The van der Waals surface area contributed by atoms with Crippen LogP contribution in [0.4, 0.5) is 0 Å². The molecule has 1 unspecified atom stereocenters. The molecule has 2 aliphatic heterocycles. The SMILES string of the molecule is Cc1cc2c(cc1C1(C(C)CN)COC1)OCO2. The molecule has 1 saturated heterocycles. The van der Waals surface area contributed by atoms with E-state index in [1.165, 1.54) is 11.1 Å². The molecule has 0 radical (unpaired) electrons. The molecule has 18 heavy (non-hydrogen) atoms. The van der Waals surface area contributed by atoms with E-state index < -0.39 is 0 Å². The first-order chi connectivity index (χ1) is 8.67. The minimum absolute atomic E-state index is 0.0415. The summed E-state index contributed by atoms with van der Waals surface area (Å²) in [7, 11) is 0. The summed E-state index contributed by atoms with van der Waals surface area (Å²) >= 11 is 0. The number of aryl methyl sites for hydroxylation is 1. The van der Waals surface area contributed by atoms with E-state index in [1.807, 2.05) is 0 Å². The third kappa shape index (κ3) is 1.52. The van der Waals surface area contributed by atoms with Gasteiger partial charge < -0.3 is 19.9 Å². The van der Waals surface area contributed by atoms with E-state index in [2.05, 4.69) is 26.0 Å². The lowest BCUT2D eigenvalue weighted by atomic mass is 9.68. The summed E-state index contributed by atoms with van der Waals surface area (Å²) in [6.45, 7) is 6.76. The van der Waals surface area contributed by atoms with Crippen LogP contribution in [0, 0.1) is 12.8 Å². The van der Waals surface area contributed by atoms with Crippen molar-refractivity contribution in [2.75, 3.05) is 26.6 Å². The average molecular weight is 249 g/mol. The molecule has 0 aromatic heterocycles. The van der Waals surface area contributed by atoms with E-state index in [0.29, 0.717) is 19.3 Å². The maximum atomic E-state index is 5.86. The molecule has 0 aliphatic carbocycles. The molecule has 3 rings (SSSR count). The van der Waals surface area contributed by atoms with E-state index in [-0.39, 0.29) is 5.41 Å². The maximum absolute atomic E-state index is 5.86. The predicted octanol–water partition coefficient (Wildman–Crippen LogP) is 1.59. The van der Waals surface area contributed by atoms with Gasteiger partial charge in [-0.2, -0.15) is 0 Å². The van der Waals surface area contributed by atoms with Crippen molar-refractivity contribution >= 4 is 0 Å². The summed E-state index contributed by atoms with van der Waals surface area (Å²) in [6, 6.07) is 4.16. The minimum atomic E-state index is 0.0415.